The van der Waals surface area contributed by atoms with Crippen LogP contribution in [0.15, 0.2) is 18.5 Å². The van der Waals surface area contributed by atoms with Gasteiger partial charge in [0.2, 0.25) is 5.88 Å². The summed E-state index contributed by atoms with van der Waals surface area (Å²) < 4.78 is 6.68. The van der Waals surface area contributed by atoms with Gasteiger partial charge in [0.25, 0.3) is 0 Å². The molecule has 0 aliphatic carbocycles. The normalized spacial score (nSPS) is 10.2. The van der Waals surface area contributed by atoms with Gasteiger partial charge in [-0.3, -0.25) is 4.68 Å². The van der Waals surface area contributed by atoms with Gasteiger partial charge < -0.3 is 15.8 Å². The fourth-order valence-electron chi connectivity index (χ4n) is 1.35. The van der Waals surface area contributed by atoms with E-state index in [9.17, 15) is 0 Å². The summed E-state index contributed by atoms with van der Waals surface area (Å²) in [5.74, 6) is 1.78. The van der Waals surface area contributed by atoms with Crippen molar-refractivity contribution in [3.05, 3.63) is 24.3 Å². The molecule has 0 bridgehead atoms. The molecule has 0 saturated heterocycles. The van der Waals surface area contributed by atoms with Gasteiger partial charge in [-0.1, -0.05) is 0 Å². The van der Waals surface area contributed by atoms with E-state index < -0.39 is 0 Å². The maximum atomic E-state index is 5.67. The summed E-state index contributed by atoms with van der Waals surface area (Å²) in [7, 11) is 3.35. The Hall–Kier alpha value is -2.31. The van der Waals surface area contributed by atoms with Crippen LogP contribution in [-0.4, -0.2) is 26.9 Å². The van der Waals surface area contributed by atoms with Gasteiger partial charge in [-0.2, -0.15) is 10.1 Å². The van der Waals surface area contributed by atoms with Gasteiger partial charge in [-0.25, -0.2) is 4.98 Å². The maximum absolute atomic E-state index is 5.67. The second-order valence-electron chi connectivity index (χ2n) is 3.48. The average Bonchev–Trinajstić information content (AvgIpc) is 2.74. The quantitative estimate of drug-likeness (QED) is 0.796. The highest BCUT2D eigenvalue weighted by molar-refractivity contribution is 5.53. The minimum Gasteiger partial charge on any atom is -0.479 e. The molecule has 0 aliphatic rings. The number of hydrogen-bond acceptors (Lipinski definition) is 6. The fourth-order valence-corrected chi connectivity index (χ4v) is 1.35. The van der Waals surface area contributed by atoms with Crippen molar-refractivity contribution in [1.82, 2.24) is 19.7 Å². The van der Waals surface area contributed by atoms with E-state index in [4.69, 9.17) is 10.5 Å². The lowest BCUT2D eigenvalue weighted by atomic mass is 10.4. The zero-order valence-corrected chi connectivity index (χ0v) is 9.71. The first kappa shape index (κ1) is 11.2. The molecular weight excluding hydrogens is 220 g/mol. The lowest BCUT2D eigenvalue weighted by Crippen LogP contribution is -2.05. The number of methoxy groups -OCH3 is 1. The number of aromatic nitrogens is 4. The number of ether oxygens (including phenoxy) is 1. The van der Waals surface area contributed by atoms with Gasteiger partial charge in [0.15, 0.2) is 5.82 Å². The van der Waals surface area contributed by atoms with E-state index in [0.717, 1.165) is 0 Å². The summed E-state index contributed by atoms with van der Waals surface area (Å²) >= 11 is 0. The minimum absolute atomic E-state index is 0.406. The molecule has 90 valence electrons. The summed E-state index contributed by atoms with van der Waals surface area (Å²) in [4.78, 5) is 8.29. The van der Waals surface area contributed by atoms with Crippen LogP contribution >= 0.6 is 0 Å². The van der Waals surface area contributed by atoms with E-state index in [0.29, 0.717) is 29.8 Å². The molecule has 0 saturated carbocycles. The maximum Gasteiger partial charge on any atom is 0.238 e. The first-order valence-corrected chi connectivity index (χ1v) is 5.08. The predicted octanol–water partition coefficient (Wildman–Crippen LogP) is 0.413. The molecule has 0 spiro atoms. The molecule has 0 unspecified atom stereocenters. The van der Waals surface area contributed by atoms with Crippen LogP contribution in [0.5, 0.6) is 5.88 Å². The minimum atomic E-state index is 0.406. The number of anilines is 2. The van der Waals surface area contributed by atoms with Crippen LogP contribution in [0.2, 0.25) is 0 Å². The number of rotatable bonds is 4. The third-order valence-corrected chi connectivity index (χ3v) is 2.16. The van der Waals surface area contributed by atoms with E-state index >= 15 is 0 Å². The highest BCUT2D eigenvalue weighted by atomic mass is 16.5. The highest BCUT2D eigenvalue weighted by Crippen LogP contribution is 2.20. The first-order chi connectivity index (χ1) is 8.19. The van der Waals surface area contributed by atoms with Crippen molar-refractivity contribution in [3.63, 3.8) is 0 Å². The number of nitrogen functional groups attached to an aromatic ring is 1. The van der Waals surface area contributed by atoms with Crippen LogP contribution in [0.1, 0.15) is 5.82 Å². The van der Waals surface area contributed by atoms with Gasteiger partial charge >= 0.3 is 0 Å². The molecule has 0 aliphatic heterocycles. The summed E-state index contributed by atoms with van der Waals surface area (Å²) in [6, 6.07) is 3.51. The van der Waals surface area contributed by atoms with Crippen molar-refractivity contribution in [3.8, 4) is 5.88 Å². The lowest BCUT2D eigenvalue weighted by molar-refractivity contribution is 0.401. The van der Waals surface area contributed by atoms with Crippen molar-refractivity contribution in [2.45, 2.75) is 6.54 Å². The van der Waals surface area contributed by atoms with Crippen LogP contribution in [0.25, 0.3) is 0 Å². The monoisotopic (exact) mass is 234 g/mol. The molecule has 0 fully saturated rings. The van der Waals surface area contributed by atoms with Crippen molar-refractivity contribution < 1.29 is 4.74 Å². The summed E-state index contributed by atoms with van der Waals surface area (Å²) in [5.41, 5.74) is 6.18. The predicted molar refractivity (Wildman–Crippen MR) is 63.5 cm³/mol. The SMILES string of the molecule is COc1nc(NCc2ncn(C)n2)ccc1N. The van der Waals surface area contributed by atoms with Gasteiger partial charge in [0.05, 0.1) is 19.3 Å². The second kappa shape index (κ2) is 4.69. The molecule has 3 N–H and O–H groups in total. The number of aryl methyl sites for hydroxylation is 1. The summed E-state index contributed by atoms with van der Waals surface area (Å²) in [6.07, 6.45) is 1.65. The molecule has 2 rings (SSSR count). The molecule has 0 atom stereocenters. The number of nitrogens with one attached hydrogen (secondary N) is 1. The molecule has 0 amide bonds. The number of hydrogen-bond donors (Lipinski definition) is 2. The lowest BCUT2D eigenvalue weighted by Gasteiger charge is -2.07. The van der Waals surface area contributed by atoms with Gasteiger partial charge in [-0.15, -0.1) is 0 Å². The van der Waals surface area contributed by atoms with Gasteiger partial charge in [-0.05, 0) is 12.1 Å². The molecule has 2 aromatic rings. The van der Waals surface area contributed by atoms with E-state index in [1.807, 2.05) is 7.05 Å². The van der Waals surface area contributed by atoms with Crippen molar-refractivity contribution in [2.24, 2.45) is 7.05 Å². The van der Waals surface area contributed by atoms with Crippen molar-refractivity contribution in [2.75, 3.05) is 18.2 Å². The Morgan fingerprint density at radius 2 is 2.29 bits per heavy atom. The topological polar surface area (TPSA) is 90.9 Å². The summed E-state index contributed by atoms with van der Waals surface area (Å²) in [6.45, 7) is 0.501. The Morgan fingerprint density at radius 3 is 2.94 bits per heavy atom. The van der Waals surface area contributed by atoms with E-state index in [-0.39, 0.29) is 0 Å². The van der Waals surface area contributed by atoms with E-state index in [1.54, 1.807) is 23.1 Å². The van der Waals surface area contributed by atoms with E-state index in [2.05, 4.69) is 20.4 Å². The number of nitrogens with zero attached hydrogens (tertiary/aromatic N) is 4. The van der Waals surface area contributed by atoms with Crippen molar-refractivity contribution in [1.29, 1.82) is 0 Å². The third-order valence-electron chi connectivity index (χ3n) is 2.16. The molecule has 2 heterocycles. The number of pyridine rings is 1. The standard InChI is InChI=1S/C10H14N6O/c1-16-6-13-9(15-16)5-12-8-4-3-7(11)10(14-8)17-2/h3-4,6H,5,11H2,1-2H3,(H,12,14). The van der Waals surface area contributed by atoms with Crippen LogP contribution in [-0.2, 0) is 13.6 Å². The molecule has 7 nitrogen and oxygen atoms in total. The Bertz CT molecular complexity index is 509. The average molecular weight is 234 g/mol. The molecule has 7 heteroatoms. The van der Waals surface area contributed by atoms with E-state index in [1.165, 1.54) is 7.11 Å². The Morgan fingerprint density at radius 1 is 1.47 bits per heavy atom. The molecule has 2 aromatic heterocycles. The molecule has 0 aromatic carbocycles. The van der Waals surface area contributed by atoms with Crippen molar-refractivity contribution >= 4 is 11.5 Å². The molecule has 0 radical (unpaired) electrons. The van der Waals surface area contributed by atoms with Gasteiger partial charge in [0.1, 0.15) is 12.1 Å². The Labute approximate surface area is 98.6 Å². The summed E-state index contributed by atoms with van der Waals surface area (Å²) in [5, 5.41) is 7.24. The van der Waals surface area contributed by atoms with Crippen LogP contribution < -0.4 is 15.8 Å². The van der Waals surface area contributed by atoms with Crippen LogP contribution in [0.4, 0.5) is 11.5 Å². The second-order valence-corrected chi connectivity index (χ2v) is 3.48. The number of nitrogens with two attached hydrogens (primary N) is 1. The Kier molecular flexibility index (Phi) is 3.08. The largest absolute Gasteiger partial charge is 0.479 e. The van der Waals surface area contributed by atoms with Crippen LogP contribution in [0, 0.1) is 0 Å². The van der Waals surface area contributed by atoms with Gasteiger partial charge in [0, 0.05) is 7.05 Å². The highest BCUT2D eigenvalue weighted by Gasteiger charge is 2.04. The molecule has 17 heavy (non-hydrogen) atoms. The fraction of sp³-hybridized carbons (Fsp3) is 0.300. The zero-order chi connectivity index (χ0) is 12.3. The zero-order valence-electron chi connectivity index (χ0n) is 9.71. The molecular formula is C10H14N6O. The third kappa shape index (κ3) is 2.63. The first-order valence-electron chi connectivity index (χ1n) is 5.08. The Balaban J connectivity index is 2.04. The smallest absolute Gasteiger partial charge is 0.238 e. The van der Waals surface area contributed by atoms with Crippen LogP contribution in [0.3, 0.4) is 0 Å².